The zero-order valence-corrected chi connectivity index (χ0v) is 23.3. The molecule has 1 aliphatic carbocycles. The van der Waals surface area contributed by atoms with Crippen molar-refractivity contribution in [3.05, 3.63) is 58.6 Å². The van der Waals surface area contributed by atoms with Gasteiger partial charge in [-0.3, -0.25) is 9.48 Å². The van der Waals surface area contributed by atoms with Gasteiger partial charge in [-0.25, -0.2) is 13.6 Å². The van der Waals surface area contributed by atoms with Crippen molar-refractivity contribution in [3.63, 3.8) is 0 Å². The average molecular weight is 551 g/mol. The van der Waals surface area contributed by atoms with E-state index >= 15 is 8.78 Å². The van der Waals surface area contributed by atoms with E-state index < -0.39 is 22.8 Å². The summed E-state index contributed by atoms with van der Waals surface area (Å²) in [6, 6.07) is 6.19. The molecular weight excluding hydrogens is 518 g/mol. The number of halogens is 2. The van der Waals surface area contributed by atoms with Crippen LogP contribution in [0.1, 0.15) is 52.5 Å². The highest BCUT2D eigenvalue weighted by atomic mass is 19.1. The molecule has 8 nitrogen and oxygen atoms in total. The molecule has 0 N–H and O–H groups in total. The number of ether oxygens (including phenoxy) is 2. The van der Waals surface area contributed by atoms with Gasteiger partial charge in [0, 0.05) is 48.5 Å². The molecule has 2 aliphatic rings. The molecule has 3 heterocycles. The van der Waals surface area contributed by atoms with E-state index in [4.69, 9.17) is 9.47 Å². The smallest absolute Gasteiger partial charge is 0.410 e. The summed E-state index contributed by atoms with van der Waals surface area (Å²) in [6.07, 6.45) is 5.92. The van der Waals surface area contributed by atoms with Crippen molar-refractivity contribution in [1.29, 1.82) is 0 Å². The number of rotatable bonds is 3. The first kappa shape index (κ1) is 26.3. The summed E-state index contributed by atoms with van der Waals surface area (Å²) >= 11 is 0. The number of nitrogens with zero attached hydrogens (tertiary/aromatic N) is 4. The Bertz CT molecular complexity index is 1730. The average Bonchev–Trinajstić information content (AvgIpc) is 3.51. The zero-order chi connectivity index (χ0) is 28.6. The number of hydrogen-bond donors (Lipinski definition) is 0. The van der Waals surface area contributed by atoms with Gasteiger partial charge in [-0.15, -0.1) is 0 Å². The van der Waals surface area contributed by atoms with E-state index in [2.05, 4.69) is 5.10 Å². The molecule has 1 unspecified atom stereocenters. The standard InChI is InChI=1S/C30H32F2N4O4/c1-29(2,3)40-28(38)36-11-7-20(15-30(36)8-9-30)35-10-6-17-12-18(14-22(31)23(17)27(35)37)21-13-19-16-34(4)33-25(19)24(32)26(21)39-5/h6,10,12-14,16,20H,7-9,11,15H2,1-5H3. The molecule has 2 fully saturated rings. The van der Waals surface area contributed by atoms with Crippen LogP contribution in [0.5, 0.6) is 5.75 Å². The van der Waals surface area contributed by atoms with Crippen molar-refractivity contribution in [2.24, 2.45) is 7.05 Å². The number of aryl methyl sites for hydroxylation is 1. The van der Waals surface area contributed by atoms with E-state index in [1.165, 1.54) is 17.9 Å². The quantitative estimate of drug-likeness (QED) is 0.315. The van der Waals surface area contributed by atoms with Crippen LogP contribution in [-0.4, -0.2) is 50.1 Å². The maximum absolute atomic E-state index is 15.7. The van der Waals surface area contributed by atoms with Gasteiger partial charge in [0.1, 0.15) is 16.9 Å². The van der Waals surface area contributed by atoms with E-state index in [9.17, 15) is 9.59 Å². The summed E-state index contributed by atoms with van der Waals surface area (Å²) in [5.74, 6) is -1.35. The molecule has 1 saturated carbocycles. The number of pyridine rings is 1. The lowest BCUT2D eigenvalue weighted by Gasteiger charge is -2.41. The second-order valence-corrected chi connectivity index (χ2v) is 12.0. The normalized spacial score (nSPS) is 18.5. The lowest BCUT2D eigenvalue weighted by Crippen LogP contribution is -2.50. The molecule has 1 amide bonds. The summed E-state index contributed by atoms with van der Waals surface area (Å²) in [5.41, 5.74) is -0.405. The maximum Gasteiger partial charge on any atom is 0.410 e. The van der Waals surface area contributed by atoms with Crippen molar-refractivity contribution >= 4 is 27.8 Å². The molecule has 0 bridgehead atoms. The van der Waals surface area contributed by atoms with Gasteiger partial charge in [-0.1, -0.05) is 0 Å². The van der Waals surface area contributed by atoms with Gasteiger partial charge in [-0.2, -0.15) is 5.10 Å². The number of benzene rings is 2. The Kier molecular flexibility index (Phi) is 5.94. The lowest BCUT2D eigenvalue weighted by molar-refractivity contribution is 0.000496. The fourth-order valence-electron chi connectivity index (χ4n) is 6.05. The van der Waals surface area contributed by atoms with Crippen LogP contribution >= 0.6 is 0 Å². The number of likely N-dealkylation sites (tertiary alicyclic amines) is 1. The second-order valence-electron chi connectivity index (χ2n) is 12.0. The fourth-order valence-corrected chi connectivity index (χ4v) is 6.05. The number of amides is 1. The number of carbonyl (C=O) groups excluding carboxylic acids is 1. The molecule has 210 valence electrons. The van der Waals surface area contributed by atoms with Crippen LogP contribution in [0.3, 0.4) is 0 Å². The number of hydrogen-bond acceptors (Lipinski definition) is 5. The van der Waals surface area contributed by atoms with Gasteiger partial charge in [0.15, 0.2) is 11.6 Å². The highest BCUT2D eigenvalue weighted by molar-refractivity contribution is 5.93. The van der Waals surface area contributed by atoms with Gasteiger partial charge in [-0.05, 0) is 81.7 Å². The minimum atomic E-state index is -0.687. The van der Waals surface area contributed by atoms with Crippen LogP contribution in [0.15, 0.2) is 41.5 Å². The van der Waals surface area contributed by atoms with Crippen molar-refractivity contribution in [2.45, 2.75) is 63.6 Å². The van der Waals surface area contributed by atoms with Crippen LogP contribution < -0.4 is 10.3 Å². The number of carbonyl (C=O) groups is 1. The zero-order valence-electron chi connectivity index (χ0n) is 23.3. The lowest BCUT2D eigenvalue weighted by atomic mass is 9.94. The molecule has 40 heavy (non-hydrogen) atoms. The van der Waals surface area contributed by atoms with E-state index in [0.29, 0.717) is 41.3 Å². The minimum Gasteiger partial charge on any atom is -0.493 e. The maximum atomic E-state index is 15.7. The summed E-state index contributed by atoms with van der Waals surface area (Å²) in [4.78, 5) is 28.2. The summed E-state index contributed by atoms with van der Waals surface area (Å²) < 4.78 is 44.9. The van der Waals surface area contributed by atoms with Gasteiger partial charge in [0.25, 0.3) is 5.56 Å². The van der Waals surface area contributed by atoms with Crippen molar-refractivity contribution in [2.75, 3.05) is 13.7 Å². The largest absolute Gasteiger partial charge is 0.493 e. The van der Waals surface area contributed by atoms with E-state index in [-0.39, 0.29) is 34.3 Å². The topological polar surface area (TPSA) is 78.6 Å². The highest BCUT2D eigenvalue weighted by Crippen LogP contribution is 2.51. The van der Waals surface area contributed by atoms with E-state index in [0.717, 1.165) is 12.8 Å². The molecule has 2 aromatic carbocycles. The Hall–Kier alpha value is -3.95. The third-order valence-electron chi connectivity index (χ3n) is 8.02. The molecule has 10 heteroatoms. The number of piperidine rings is 1. The molecule has 1 spiro atoms. The Balaban J connectivity index is 1.35. The fraction of sp³-hybridized carbons (Fsp3) is 0.433. The van der Waals surface area contributed by atoms with Crippen molar-refractivity contribution in [3.8, 4) is 16.9 Å². The molecule has 1 saturated heterocycles. The summed E-state index contributed by atoms with van der Waals surface area (Å²) in [5, 5.41) is 5.10. The monoisotopic (exact) mass is 550 g/mol. The van der Waals surface area contributed by atoms with Crippen LogP contribution in [0.2, 0.25) is 0 Å². The Morgan fingerprint density at radius 1 is 1.15 bits per heavy atom. The summed E-state index contributed by atoms with van der Waals surface area (Å²) in [7, 11) is 3.05. The predicted molar refractivity (Wildman–Crippen MR) is 148 cm³/mol. The molecule has 6 rings (SSSR count). The van der Waals surface area contributed by atoms with E-state index in [1.807, 2.05) is 20.8 Å². The highest BCUT2D eigenvalue weighted by Gasteiger charge is 2.54. The van der Waals surface area contributed by atoms with Crippen LogP contribution in [0, 0.1) is 11.6 Å². The predicted octanol–water partition coefficient (Wildman–Crippen LogP) is 5.95. The van der Waals surface area contributed by atoms with Gasteiger partial charge in [0.05, 0.1) is 12.5 Å². The first-order valence-corrected chi connectivity index (χ1v) is 13.5. The Morgan fingerprint density at radius 2 is 1.90 bits per heavy atom. The van der Waals surface area contributed by atoms with Gasteiger partial charge >= 0.3 is 6.09 Å². The first-order valence-electron chi connectivity index (χ1n) is 13.5. The van der Waals surface area contributed by atoms with Crippen molar-refractivity contribution < 1.29 is 23.0 Å². The molecule has 4 aromatic rings. The number of aromatic nitrogens is 3. The Labute approximate surface area is 230 Å². The second kappa shape index (κ2) is 9.04. The van der Waals surface area contributed by atoms with Crippen LogP contribution in [0.25, 0.3) is 32.8 Å². The first-order chi connectivity index (χ1) is 18.9. The number of fused-ring (bicyclic) bond motifs is 2. The Morgan fingerprint density at radius 3 is 2.58 bits per heavy atom. The van der Waals surface area contributed by atoms with E-state index in [1.54, 1.807) is 47.1 Å². The van der Waals surface area contributed by atoms with Gasteiger partial charge < -0.3 is 18.9 Å². The molecular formula is C30H32F2N4O4. The van der Waals surface area contributed by atoms with Crippen molar-refractivity contribution in [1.82, 2.24) is 19.2 Å². The van der Waals surface area contributed by atoms with Gasteiger partial charge in [0.2, 0.25) is 0 Å². The third kappa shape index (κ3) is 4.30. The van der Waals surface area contributed by atoms with Crippen LogP contribution in [-0.2, 0) is 11.8 Å². The molecule has 1 aliphatic heterocycles. The number of methoxy groups -OCH3 is 1. The summed E-state index contributed by atoms with van der Waals surface area (Å²) in [6.45, 7) is 5.99. The molecule has 0 radical (unpaired) electrons. The molecule has 1 atom stereocenters. The SMILES string of the molecule is COc1c(-c2cc(F)c3c(=O)n(C4CCN(C(=O)OC(C)(C)C)C5(CC5)C4)ccc3c2)cc2cn(C)nc2c1F. The molecule has 2 aromatic heterocycles. The third-order valence-corrected chi connectivity index (χ3v) is 8.02. The van der Waals surface area contributed by atoms with Crippen LogP contribution in [0.4, 0.5) is 13.6 Å². The minimum absolute atomic E-state index is 0.0208.